The number of quaternary nitrogens is 2. The van der Waals surface area contributed by atoms with Crippen molar-refractivity contribution in [1.82, 2.24) is 0 Å². The fraction of sp³-hybridized carbons (Fsp3) is 0.455. The number of aliphatic hydroxyl groups is 2. The summed E-state index contributed by atoms with van der Waals surface area (Å²) in [6.07, 6.45) is 18.6. The molecule has 272 valence electrons. The molecule has 6 unspecified atom stereocenters. The molecule has 6 nitrogen and oxygen atoms in total. The molecule has 4 bridgehead atoms. The van der Waals surface area contributed by atoms with Gasteiger partial charge in [-0.3, -0.25) is 0 Å². The van der Waals surface area contributed by atoms with E-state index in [1.54, 1.807) is 11.1 Å². The van der Waals surface area contributed by atoms with Gasteiger partial charge in [0.05, 0.1) is 62.3 Å². The molecule has 2 aromatic carbocycles. The van der Waals surface area contributed by atoms with Crippen LogP contribution in [0.1, 0.15) is 36.8 Å². The Hall–Kier alpha value is -3.10. The van der Waals surface area contributed by atoms with Crippen LogP contribution in [0.2, 0.25) is 0 Å². The first kappa shape index (κ1) is 34.7. The fourth-order valence-electron chi connectivity index (χ4n) is 14.6. The summed E-state index contributed by atoms with van der Waals surface area (Å²) in [6, 6.07) is 20.3. The second-order valence-corrected chi connectivity index (χ2v) is 17.2. The van der Waals surface area contributed by atoms with Crippen LogP contribution in [0.15, 0.2) is 121 Å². The maximum absolute atomic E-state index is 10.5. The molecule has 9 aliphatic rings. The van der Waals surface area contributed by atoms with Gasteiger partial charge in [0.15, 0.2) is 0 Å². The zero-order chi connectivity index (χ0) is 33.6. The summed E-state index contributed by atoms with van der Waals surface area (Å²) >= 11 is 0. The van der Waals surface area contributed by atoms with E-state index in [0.717, 1.165) is 73.9 Å². The number of anilines is 2. The second-order valence-electron chi connectivity index (χ2n) is 17.2. The number of benzene rings is 2. The highest BCUT2D eigenvalue weighted by molar-refractivity contribution is 5.77. The van der Waals surface area contributed by atoms with Crippen LogP contribution < -0.4 is 34.6 Å². The third-order valence-corrected chi connectivity index (χ3v) is 15.9. The van der Waals surface area contributed by atoms with Gasteiger partial charge in [0, 0.05) is 61.3 Å². The minimum atomic E-state index is 0. The molecule has 10 atom stereocenters. The van der Waals surface area contributed by atoms with Gasteiger partial charge in [-0.2, -0.15) is 0 Å². The Morgan fingerprint density at radius 1 is 0.673 bits per heavy atom. The van der Waals surface area contributed by atoms with E-state index in [9.17, 15) is 10.2 Å². The Labute approximate surface area is 320 Å². The Morgan fingerprint density at radius 2 is 1.10 bits per heavy atom. The Kier molecular flexibility index (Phi) is 7.80. The van der Waals surface area contributed by atoms with Gasteiger partial charge in [0.25, 0.3) is 0 Å². The molecule has 7 heterocycles. The van der Waals surface area contributed by atoms with Crippen molar-refractivity contribution in [3.63, 3.8) is 0 Å². The van der Waals surface area contributed by atoms with Gasteiger partial charge < -0.3 is 53.8 Å². The molecule has 0 aromatic heterocycles. The monoisotopic (exact) mass is 736 g/mol. The van der Waals surface area contributed by atoms with Crippen molar-refractivity contribution in [2.45, 2.75) is 60.7 Å². The zero-order valence-electron chi connectivity index (χ0n) is 29.9. The molecule has 2 aliphatic carbocycles. The first-order chi connectivity index (χ1) is 24.5. The maximum Gasteiger partial charge on any atom is 0.103 e. The van der Waals surface area contributed by atoms with E-state index in [-0.39, 0.29) is 60.9 Å². The minimum absolute atomic E-state index is 0. The van der Waals surface area contributed by atoms with Crippen molar-refractivity contribution in [3.8, 4) is 0 Å². The number of halogens is 2. The van der Waals surface area contributed by atoms with Gasteiger partial charge >= 0.3 is 0 Å². The highest BCUT2D eigenvalue weighted by Crippen LogP contribution is 2.69. The number of piperidine rings is 2. The highest BCUT2D eigenvalue weighted by Gasteiger charge is 2.75. The van der Waals surface area contributed by atoms with Gasteiger partial charge in [0.1, 0.15) is 25.2 Å². The summed E-state index contributed by atoms with van der Waals surface area (Å²) in [4.78, 5) is 5.54. The maximum atomic E-state index is 10.5. The molecule has 52 heavy (non-hydrogen) atoms. The molecule has 8 heteroatoms. The number of rotatable bonds is 6. The summed E-state index contributed by atoms with van der Waals surface area (Å²) in [7, 11) is 0. The van der Waals surface area contributed by atoms with E-state index >= 15 is 0 Å². The number of hydrogen-bond acceptors (Lipinski definition) is 4. The van der Waals surface area contributed by atoms with Crippen molar-refractivity contribution < 1.29 is 44.0 Å². The largest absolute Gasteiger partial charge is 1.00 e. The van der Waals surface area contributed by atoms with Crippen molar-refractivity contribution in [3.05, 3.63) is 132 Å². The van der Waals surface area contributed by atoms with Crippen molar-refractivity contribution in [2.24, 2.45) is 11.8 Å². The van der Waals surface area contributed by atoms with Crippen LogP contribution in [0, 0.1) is 11.8 Å². The van der Waals surface area contributed by atoms with E-state index in [1.165, 1.54) is 33.6 Å². The van der Waals surface area contributed by atoms with E-state index in [1.807, 2.05) is 0 Å². The lowest BCUT2D eigenvalue weighted by Crippen LogP contribution is -3.00. The normalized spacial score (nSPS) is 42.7. The summed E-state index contributed by atoms with van der Waals surface area (Å²) in [6.45, 7) is 15.0. The summed E-state index contributed by atoms with van der Waals surface area (Å²) in [5.41, 5.74) is 11.8. The third-order valence-electron chi connectivity index (χ3n) is 15.9. The van der Waals surface area contributed by atoms with Gasteiger partial charge in [-0.1, -0.05) is 61.7 Å². The lowest BCUT2D eigenvalue weighted by molar-refractivity contribution is -0.937. The number of aliphatic hydroxyl groups excluding tert-OH is 2. The molecule has 2 saturated carbocycles. The van der Waals surface area contributed by atoms with E-state index in [0.29, 0.717) is 23.9 Å². The van der Waals surface area contributed by atoms with Gasteiger partial charge in [-0.15, -0.1) is 0 Å². The van der Waals surface area contributed by atoms with Crippen LogP contribution >= 0.6 is 0 Å². The number of fused-ring (bicyclic) bond motifs is 8. The summed E-state index contributed by atoms with van der Waals surface area (Å²) < 4.78 is 2.12. The number of para-hydroxylation sites is 2. The standard InChI is InChI=1S/C44H50N4O2.2ClH/c1-3-17-47-19-15-43-35-9-5-7-11-37(35)45-26-34-32-24-40-44(16-20-48(40,18-4-2)28-30(32)14-22-50)36-10-6-8-12-38(36)46(42(34)44)25-33(41(43)45)31(23-39(43)47)29(27-47)13-21-49;;/h3-14,25-26,31-32,39-42,49-50H,1-2,15-24,27-28H2;2*1H/q+2;;/p-2/b29-13-,30-14-,33-25-,34-26?;;/t31?,32?,39-,40-,41-,42-,43?,44?,47?,48?;;/m0../s1. The Bertz CT molecular complexity index is 1860. The predicted molar refractivity (Wildman–Crippen MR) is 198 cm³/mol. The van der Waals surface area contributed by atoms with Crippen molar-refractivity contribution in [2.75, 3.05) is 62.3 Å². The van der Waals surface area contributed by atoms with Crippen molar-refractivity contribution >= 4 is 11.4 Å². The smallest absolute Gasteiger partial charge is 0.103 e. The average Bonchev–Trinajstić information content (AvgIpc) is 3.81. The third kappa shape index (κ3) is 3.82. The van der Waals surface area contributed by atoms with Crippen LogP contribution in [-0.2, 0) is 10.8 Å². The number of hydrogen-bond donors (Lipinski definition) is 2. The first-order valence-corrected chi connectivity index (χ1v) is 19.2. The molecule has 2 aromatic rings. The molecule has 4 saturated heterocycles. The summed E-state index contributed by atoms with van der Waals surface area (Å²) in [5.74, 6) is 0.615. The van der Waals surface area contributed by atoms with E-state index in [2.05, 4.69) is 108 Å². The molecular weight excluding hydrogens is 687 g/mol. The van der Waals surface area contributed by atoms with E-state index in [4.69, 9.17) is 0 Å². The number of nitrogens with zero attached hydrogens (tertiary/aromatic N) is 4. The zero-order valence-corrected chi connectivity index (χ0v) is 31.4. The fourth-order valence-corrected chi connectivity index (χ4v) is 14.6. The van der Waals surface area contributed by atoms with Crippen LogP contribution in [0.25, 0.3) is 0 Å². The minimum Gasteiger partial charge on any atom is -1.00 e. The first-order valence-electron chi connectivity index (χ1n) is 19.2. The molecule has 2 N–H and O–H groups in total. The topological polar surface area (TPSA) is 46.9 Å². The van der Waals surface area contributed by atoms with E-state index < -0.39 is 0 Å². The predicted octanol–water partition coefficient (Wildman–Crippen LogP) is -0.516. The lowest BCUT2D eigenvalue weighted by Gasteiger charge is -2.59. The molecule has 11 rings (SSSR count). The lowest BCUT2D eigenvalue weighted by atomic mass is 9.56. The molecule has 6 fully saturated rings. The van der Waals surface area contributed by atoms with Crippen molar-refractivity contribution in [1.29, 1.82) is 0 Å². The average molecular weight is 738 g/mol. The second kappa shape index (κ2) is 11.7. The van der Waals surface area contributed by atoms with Crippen LogP contribution in [0.3, 0.4) is 0 Å². The quantitative estimate of drug-likeness (QED) is 0.310. The SMILES string of the molecule is C=CC[N+]12CCC34c5ccccc5N5C=C6C7C[C@H]8C9(CC[N+]8(CC=C)C/C7=C/CO)c7ccccc7N(/C=C(/C(C[C@@H]31)/C(=C\CO)C2)[C@H]54)[C@@H]69.[Cl-].[Cl-]. The van der Waals surface area contributed by atoms with Gasteiger partial charge in [-0.05, 0) is 57.7 Å². The Balaban J connectivity index is 0.00000180. The Morgan fingerprint density at radius 3 is 1.50 bits per heavy atom. The summed E-state index contributed by atoms with van der Waals surface area (Å²) in [5, 5.41) is 20.9. The molecule has 0 radical (unpaired) electrons. The van der Waals surface area contributed by atoms with Gasteiger partial charge in [-0.25, -0.2) is 0 Å². The van der Waals surface area contributed by atoms with Gasteiger partial charge in [0.2, 0.25) is 0 Å². The van der Waals surface area contributed by atoms with Crippen LogP contribution in [0.5, 0.6) is 0 Å². The molecular formula is C44H50Cl2N4O2. The van der Waals surface area contributed by atoms with Crippen LogP contribution in [0.4, 0.5) is 11.4 Å². The van der Waals surface area contributed by atoms with Crippen LogP contribution in [-0.4, -0.2) is 95.8 Å². The molecule has 0 amide bonds. The molecule has 2 spiro atoms. The highest BCUT2D eigenvalue weighted by atomic mass is 35.5. The molecule has 7 aliphatic heterocycles.